The minimum Gasteiger partial charge on any atom is -0.286 e. The van der Waals surface area contributed by atoms with Crippen LogP contribution < -0.4 is 4.80 Å². The summed E-state index contributed by atoms with van der Waals surface area (Å²) in [5.41, 5.74) is 2.74. The van der Waals surface area contributed by atoms with Crippen molar-refractivity contribution < 1.29 is 4.39 Å². The summed E-state index contributed by atoms with van der Waals surface area (Å²) in [7, 11) is 0. The first-order valence-electron chi connectivity index (χ1n) is 5.82. The second-order valence-electron chi connectivity index (χ2n) is 4.10. The predicted octanol–water partition coefficient (Wildman–Crippen LogP) is 3.82. The number of benzene rings is 2. The highest BCUT2D eigenvalue weighted by atomic mass is 32.1. The summed E-state index contributed by atoms with van der Waals surface area (Å²) in [6.45, 7) is 0. The molecule has 0 radical (unpaired) electrons. The summed E-state index contributed by atoms with van der Waals surface area (Å²) in [6, 6.07) is 16.1. The van der Waals surface area contributed by atoms with Crippen molar-refractivity contribution in [3.05, 3.63) is 70.6 Å². The second-order valence-corrected chi connectivity index (χ2v) is 4.96. The number of nitrogens with one attached hydrogen (secondary N) is 1. The average molecular weight is 270 g/mol. The third-order valence-electron chi connectivity index (χ3n) is 2.88. The Morgan fingerprint density at radius 3 is 2.32 bits per heavy atom. The zero-order valence-corrected chi connectivity index (χ0v) is 10.8. The fourth-order valence-electron chi connectivity index (χ4n) is 1.98. The van der Waals surface area contributed by atoms with E-state index in [1.165, 1.54) is 23.5 Å². The van der Waals surface area contributed by atoms with E-state index in [-0.39, 0.29) is 5.82 Å². The molecule has 0 fully saturated rings. The molecule has 2 aromatic carbocycles. The van der Waals surface area contributed by atoms with E-state index in [4.69, 9.17) is 5.41 Å². The van der Waals surface area contributed by atoms with E-state index >= 15 is 0 Å². The lowest BCUT2D eigenvalue weighted by atomic mass is 10.1. The molecule has 0 aliphatic carbocycles. The van der Waals surface area contributed by atoms with Gasteiger partial charge in [0.25, 0.3) is 0 Å². The molecule has 1 N–H and O–H groups in total. The largest absolute Gasteiger partial charge is 0.286 e. The number of hydrogen-bond donors (Lipinski definition) is 1. The van der Waals surface area contributed by atoms with Crippen molar-refractivity contribution in [1.29, 1.82) is 5.41 Å². The Morgan fingerprint density at radius 2 is 1.63 bits per heavy atom. The van der Waals surface area contributed by atoms with Crippen molar-refractivity contribution in [2.45, 2.75) is 0 Å². The quantitative estimate of drug-likeness (QED) is 0.733. The van der Waals surface area contributed by atoms with E-state index < -0.39 is 0 Å². The fraction of sp³-hybridized carbons (Fsp3) is 0. The molecule has 19 heavy (non-hydrogen) atoms. The van der Waals surface area contributed by atoms with E-state index in [0.717, 1.165) is 16.9 Å². The van der Waals surface area contributed by atoms with Gasteiger partial charge in [-0.3, -0.25) is 9.98 Å². The highest BCUT2D eigenvalue weighted by Gasteiger charge is 2.08. The van der Waals surface area contributed by atoms with Crippen LogP contribution in [0.15, 0.2) is 60.0 Å². The van der Waals surface area contributed by atoms with Crippen LogP contribution in [0.3, 0.4) is 0 Å². The second kappa shape index (κ2) is 4.82. The van der Waals surface area contributed by atoms with Crippen LogP contribution in [-0.4, -0.2) is 4.57 Å². The van der Waals surface area contributed by atoms with Crippen LogP contribution in [0.25, 0.3) is 16.9 Å². The molecule has 1 aromatic heterocycles. The Kier molecular flexibility index (Phi) is 3.01. The fourth-order valence-corrected chi connectivity index (χ4v) is 2.75. The van der Waals surface area contributed by atoms with E-state index in [2.05, 4.69) is 0 Å². The lowest BCUT2D eigenvalue weighted by Gasteiger charge is -2.08. The van der Waals surface area contributed by atoms with Gasteiger partial charge in [0, 0.05) is 11.1 Å². The maximum Gasteiger partial charge on any atom is 0.187 e. The molecule has 0 aliphatic rings. The molecule has 4 heteroatoms. The molecule has 0 bridgehead atoms. The van der Waals surface area contributed by atoms with E-state index in [1.54, 1.807) is 12.1 Å². The van der Waals surface area contributed by atoms with Gasteiger partial charge in [-0.05, 0) is 42.0 Å². The maximum atomic E-state index is 13.0. The zero-order valence-electron chi connectivity index (χ0n) is 10.0. The standard InChI is InChI=1S/C15H11FN2S/c16-12-8-6-11(7-9-12)14-10-19-15(17)18(14)13-4-2-1-3-5-13/h1-10,17H. The Hall–Kier alpha value is -2.20. The molecule has 1 heterocycles. The molecule has 3 rings (SSSR count). The molecule has 0 saturated heterocycles. The minimum atomic E-state index is -0.253. The molecule has 94 valence electrons. The maximum absolute atomic E-state index is 13.0. The summed E-state index contributed by atoms with van der Waals surface area (Å²) in [4.78, 5) is 0.450. The molecule has 0 atom stereocenters. The highest BCUT2D eigenvalue weighted by Crippen LogP contribution is 2.23. The topological polar surface area (TPSA) is 28.8 Å². The number of hydrogen-bond acceptors (Lipinski definition) is 2. The third kappa shape index (κ3) is 2.22. The van der Waals surface area contributed by atoms with Gasteiger partial charge in [0.05, 0.1) is 5.69 Å². The van der Waals surface area contributed by atoms with Crippen LogP contribution in [0.5, 0.6) is 0 Å². The number of thiazole rings is 1. The molecule has 0 aliphatic heterocycles. The summed E-state index contributed by atoms with van der Waals surface area (Å²) in [5.74, 6) is -0.253. The van der Waals surface area contributed by atoms with Crippen molar-refractivity contribution in [2.75, 3.05) is 0 Å². The smallest absolute Gasteiger partial charge is 0.187 e. The number of halogens is 1. The summed E-state index contributed by atoms with van der Waals surface area (Å²) >= 11 is 1.36. The number of aromatic nitrogens is 1. The first-order chi connectivity index (χ1) is 9.25. The van der Waals surface area contributed by atoms with E-state index in [0.29, 0.717) is 4.80 Å². The summed E-state index contributed by atoms with van der Waals surface area (Å²) in [6.07, 6.45) is 0. The van der Waals surface area contributed by atoms with Gasteiger partial charge in [-0.25, -0.2) is 4.39 Å². The Bertz CT molecular complexity index is 742. The van der Waals surface area contributed by atoms with Gasteiger partial charge in [0.1, 0.15) is 5.82 Å². The predicted molar refractivity (Wildman–Crippen MR) is 74.9 cm³/mol. The van der Waals surface area contributed by atoms with Crippen LogP contribution in [0.4, 0.5) is 4.39 Å². The van der Waals surface area contributed by atoms with Crippen molar-refractivity contribution in [2.24, 2.45) is 0 Å². The van der Waals surface area contributed by atoms with E-state index in [9.17, 15) is 4.39 Å². The monoisotopic (exact) mass is 270 g/mol. The van der Waals surface area contributed by atoms with Crippen LogP contribution in [0.2, 0.25) is 0 Å². The average Bonchev–Trinajstić information content (AvgIpc) is 2.82. The molecule has 3 aromatic rings. The Morgan fingerprint density at radius 1 is 0.947 bits per heavy atom. The zero-order chi connectivity index (χ0) is 13.2. The molecule has 0 amide bonds. The van der Waals surface area contributed by atoms with Gasteiger partial charge in [-0.15, -0.1) is 11.3 Å². The van der Waals surface area contributed by atoms with Crippen LogP contribution >= 0.6 is 11.3 Å². The molecular formula is C15H11FN2S. The van der Waals surface area contributed by atoms with Gasteiger partial charge in [0.15, 0.2) is 4.80 Å². The van der Waals surface area contributed by atoms with E-state index in [1.807, 2.05) is 40.3 Å². The molecule has 0 unspecified atom stereocenters. The van der Waals surface area contributed by atoms with Crippen LogP contribution in [0.1, 0.15) is 0 Å². The van der Waals surface area contributed by atoms with Crippen LogP contribution in [-0.2, 0) is 0 Å². The number of nitrogens with zero attached hydrogens (tertiary/aromatic N) is 1. The van der Waals surface area contributed by atoms with Crippen molar-refractivity contribution in [3.8, 4) is 16.9 Å². The van der Waals surface area contributed by atoms with Crippen molar-refractivity contribution in [3.63, 3.8) is 0 Å². The normalized spacial score (nSPS) is 10.6. The van der Waals surface area contributed by atoms with Gasteiger partial charge in [0.2, 0.25) is 0 Å². The highest BCUT2D eigenvalue weighted by molar-refractivity contribution is 7.07. The summed E-state index contributed by atoms with van der Waals surface area (Å²) < 4.78 is 14.8. The third-order valence-corrected chi connectivity index (χ3v) is 3.63. The first kappa shape index (κ1) is 11.9. The molecule has 0 spiro atoms. The van der Waals surface area contributed by atoms with Crippen LogP contribution in [0, 0.1) is 11.2 Å². The SMILES string of the molecule is N=c1scc(-c2ccc(F)cc2)n1-c1ccccc1. The Labute approximate surface area is 113 Å². The lowest BCUT2D eigenvalue weighted by molar-refractivity contribution is 0.628. The minimum absolute atomic E-state index is 0.253. The van der Waals surface area contributed by atoms with Gasteiger partial charge in [-0.2, -0.15) is 0 Å². The van der Waals surface area contributed by atoms with Crippen molar-refractivity contribution in [1.82, 2.24) is 4.57 Å². The van der Waals surface area contributed by atoms with Crippen molar-refractivity contribution >= 4 is 11.3 Å². The molecule has 2 nitrogen and oxygen atoms in total. The molecular weight excluding hydrogens is 259 g/mol. The van der Waals surface area contributed by atoms with Gasteiger partial charge in [-0.1, -0.05) is 18.2 Å². The first-order valence-corrected chi connectivity index (χ1v) is 6.70. The number of rotatable bonds is 2. The number of para-hydroxylation sites is 1. The molecule has 0 saturated carbocycles. The lowest BCUT2D eigenvalue weighted by Crippen LogP contribution is -2.11. The van der Waals surface area contributed by atoms with Gasteiger partial charge >= 0.3 is 0 Å². The van der Waals surface area contributed by atoms with Gasteiger partial charge < -0.3 is 0 Å². The Balaban J connectivity index is 2.19. The summed E-state index contributed by atoms with van der Waals surface area (Å²) in [5, 5.41) is 9.95.